The predicted molar refractivity (Wildman–Crippen MR) is 411 cm³/mol. The van der Waals surface area contributed by atoms with Gasteiger partial charge < -0.3 is 18.9 Å². The minimum absolute atomic E-state index is 0.0133. The van der Waals surface area contributed by atoms with Gasteiger partial charge in [0.25, 0.3) is 0 Å². The number of hydrogen-bond acceptors (Lipinski definition) is 12. The maximum absolute atomic E-state index is 13.5. The molecule has 0 saturated carbocycles. The molecular formula is C92H76O11S. The van der Waals surface area contributed by atoms with E-state index in [4.69, 9.17) is 24.2 Å². The Morgan fingerprint density at radius 2 is 0.596 bits per heavy atom. The molecular weight excluding hydrogens is 1310 g/mol. The smallest absolute Gasteiger partial charge is 0.193 e. The number of ketones is 4. The summed E-state index contributed by atoms with van der Waals surface area (Å²) in [6.07, 6.45) is 0. The highest BCUT2D eigenvalue weighted by molar-refractivity contribution is 7.94. The van der Waals surface area contributed by atoms with Crippen molar-refractivity contribution < 1.29 is 52.8 Å². The van der Waals surface area contributed by atoms with Crippen molar-refractivity contribution in [3.05, 3.63) is 393 Å². The van der Waals surface area contributed by atoms with Gasteiger partial charge in [0.2, 0.25) is 0 Å². The summed E-state index contributed by atoms with van der Waals surface area (Å²) < 4.78 is 28.1. The molecule has 0 aromatic heterocycles. The van der Waals surface area contributed by atoms with E-state index in [9.17, 15) is 19.2 Å². The summed E-state index contributed by atoms with van der Waals surface area (Å²) in [5.41, 5.74) is 16.1. The Hall–Kier alpha value is -12.0. The molecule has 13 aromatic rings. The van der Waals surface area contributed by atoms with Crippen LogP contribution in [0.25, 0.3) is 22.3 Å². The highest BCUT2D eigenvalue weighted by Crippen LogP contribution is 2.39. The fourth-order valence-electron chi connectivity index (χ4n) is 12.1. The van der Waals surface area contributed by atoms with E-state index in [1.807, 2.05) is 197 Å². The predicted octanol–water partition coefficient (Wildman–Crippen LogP) is 23.0. The molecule has 0 atom stereocenters. The zero-order valence-corrected chi connectivity index (χ0v) is 59.7. The van der Waals surface area contributed by atoms with Crippen LogP contribution >= 0.6 is 12.0 Å². The molecule has 12 heteroatoms. The molecule has 0 aliphatic heterocycles. The van der Waals surface area contributed by atoms with Crippen LogP contribution < -0.4 is 18.9 Å². The molecule has 1 N–H and O–H groups in total. The summed E-state index contributed by atoms with van der Waals surface area (Å²) in [6.45, 7) is 14.8. The van der Waals surface area contributed by atoms with Gasteiger partial charge in [-0.15, -0.1) is 4.33 Å². The summed E-state index contributed by atoms with van der Waals surface area (Å²) in [4.78, 5) is 53.1. The van der Waals surface area contributed by atoms with Gasteiger partial charge in [-0.25, -0.2) is 5.26 Å². The van der Waals surface area contributed by atoms with Crippen molar-refractivity contribution in [1.29, 1.82) is 0 Å². The number of aryl methyl sites for hydroxylation is 3. The second-order valence-electron chi connectivity index (χ2n) is 26.4. The number of ether oxygens (including phenoxy) is 4. The Morgan fingerprint density at radius 3 is 0.952 bits per heavy atom. The molecule has 0 aliphatic rings. The molecule has 0 radical (unpaired) electrons. The fraction of sp³-hybridized carbons (Fsp3) is 0.109. The van der Waals surface area contributed by atoms with E-state index in [0.29, 0.717) is 83.9 Å². The minimum atomic E-state index is -0.231. The van der Waals surface area contributed by atoms with E-state index >= 15 is 0 Å². The van der Waals surface area contributed by atoms with Gasteiger partial charge in [0, 0.05) is 60.2 Å². The highest BCUT2D eigenvalue weighted by atomic mass is 32.2. The first-order valence-electron chi connectivity index (χ1n) is 34.0. The highest BCUT2D eigenvalue weighted by Gasteiger charge is 2.27. The number of carbonyl (C=O) groups excluding carboxylic acids is 4. The number of rotatable bonds is 24. The Balaban J connectivity index is 0.000000205. The molecule has 0 saturated heterocycles. The van der Waals surface area contributed by atoms with E-state index in [2.05, 4.69) is 85.6 Å². The van der Waals surface area contributed by atoms with Crippen LogP contribution in [0.3, 0.4) is 0 Å². The molecule has 11 nitrogen and oxygen atoms in total. The first kappa shape index (κ1) is 71.8. The first-order chi connectivity index (χ1) is 50.3. The molecule has 0 amide bonds. The Kier molecular flexibility index (Phi) is 22.3. The van der Waals surface area contributed by atoms with E-state index in [1.54, 1.807) is 92.0 Å². The van der Waals surface area contributed by atoms with Crippen molar-refractivity contribution in [2.24, 2.45) is 0 Å². The molecule has 13 rings (SSSR count). The number of hydrogen-bond donors (Lipinski definition) is 1. The third-order valence-corrected chi connectivity index (χ3v) is 19.2. The molecule has 0 bridgehead atoms. The SMILES string of the molecule is COc1ccc(C(C)(C)c2ccc(C(C)(C)c3ccc(Oc4ccc(C(=O)c5ccc(-c6ccc(C)c(C(=O)c7cccc(SOOO)c7)c6)cc5)cc4)cc3)cc2)cc1.Cc1ccc(C(=O)c2ccc(Oc3ccc(-c4ccc(Oc5ccc(C(=O)c6ccc(C)cc6)cc5)cc4)cc3)cc2)cc1. The molecule has 104 heavy (non-hydrogen) atoms. The van der Waals surface area contributed by atoms with Gasteiger partial charge in [0.15, 0.2) is 23.1 Å². The summed E-state index contributed by atoms with van der Waals surface area (Å²) >= 11 is 0.795. The Labute approximate surface area is 611 Å². The van der Waals surface area contributed by atoms with E-state index < -0.39 is 0 Å². The maximum atomic E-state index is 13.5. The fourth-order valence-corrected chi connectivity index (χ4v) is 12.5. The lowest BCUT2D eigenvalue weighted by Gasteiger charge is -2.29. The molecule has 516 valence electrons. The van der Waals surface area contributed by atoms with Crippen molar-refractivity contribution in [3.63, 3.8) is 0 Å². The van der Waals surface area contributed by atoms with E-state index in [-0.39, 0.29) is 34.0 Å². The molecule has 0 aliphatic carbocycles. The largest absolute Gasteiger partial charge is 0.497 e. The van der Waals surface area contributed by atoms with Gasteiger partial charge in [-0.1, -0.05) is 214 Å². The number of methoxy groups -OCH3 is 1. The van der Waals surface area contributed by atoms with E-state index in [1.165, 1.54) is 22.3 Å². The molecule has 0 heterocycles. The second kappa shape index (κ2) is 32.3. The zero-order valence-electron chi connectivity index (χ0n) is 58.9. The van der Waals surface area contributed by atoms with Crippen LogP contribution in [0.1, 0.15) is 130 Å². The van der Waals surface area contributed by atoms with Crippen LogP contribution in [0.15, 0.2) is 314 Å². The molecule has 13 aromatic carbocycles. The van der Waals surface area contributed by atoms with E-state index in [0.717, 1.165) is 56.7 Å². The summed E-state index contributed by atoms with van der Waals surface area (Å²) in [5, 5.41) is 12.2. The van der Waals surface area contributed by atoms with Crippen molar-refractivity contribution >= 4 is 35.2 Å². The topological polar surface area (TPSA) is 144 Å². The lowest BCUT2D eigenvalue weighted by atomic mass is 9.74. The van der Waals surface area contributed by atoms with Gasteiger partial charge in [-0.2, -0.15) is 0 Å². The summed E-state index contributed by atoms with van der Waals surface area (Å²) in [7, 11) is 1.68. The van der Waals surface area contributed by atoms with Crippen LogP contribution in [-0.4, -0.2) is 35.5 Å². The zero-order chi connectivity index (χ0) is 72.9. The average Bonchev–Trinajstić information content (AvgIpc) is 0.781. The summed E-state index contributed by atoms with van der Waals surface area (Å²) in [6, 6.07) is 97.7. The molecule has 0 fully saturated rings. The van der Waals surface area contributed by atoms with Gasteiger partial charge in [0.1, 0.15) is 40.2 Å². The third-order valence-electron chi connectivity index (χ3n) is 18.7. The lowest BCUT2D eigenvalue weighted by Crippen LogP contribution is -2.21. The second-order valence-corrected chi connectivity index (χ2v) is 27.2. The van der Waals surface area contributed by atoms with Crippen LogP contribution in [0.5, 0.6) is 40.2 Å². The molecule has 0 unspecified atom stereocenters. The van der Waals surface area contributed by atoms with Gasteiger partial charge in [-0.05, 0) is 210 Å². The van der Waals surface area contributed by atoms with Crippen molar-refractivity contribution in [2.45, 2.75) is 64.2 Å². The molecule has 0 spiro atoms. The maximum Gasteiger partial charge on any atom is 0.193 e. The van der Waals surface area contributed by atoms with Gasteiger partial charge in [-0.3, -0.25) is 19.2 Å². The monoisotopic (exact) mass is 1390 g/mol. The van der Waals surface area contributed by atoms with Crippen molar-refractivity contribution in [2.75, 3.05) is 7.11 Å². The van der Waals surface area contributed by atoms with Crippen LogP contribution in [0.4, 0.5) is 0 Å². The van der Waals surface area contributed by atoms with Gasteiger partial charge >= 0.3 is 0 Å². The number of carbonyl (C=O) groups is 4. The van der Waals surface area contributed by atoms with Crippen LogP contribution in [-0.2, 0) is 20.2 Å². The standard InChI is InChI=1S/C52H46O7S.C40H30O4/c1-34-10-11-38(33-48(34)50(54)39-8-7-9-47(32-39)60-59-58-55)35-12-14-36(15-13-35)49(53)37-16-26-45(27-17-37)57-46-30-24-43(25-31-46)52(4,5)41-20-18-40(19-21-41)51(2,3)42-22-28-44(56-6)29-23-42;1-27-3-7-31(8-4-27)39(41)33-15-23-37(24-16-33)43-35-19-11-29(12-20-35)30-13-21-36(22-14-30)44-38-25-17-34(18-26-38)40(42)32-9-5-28(2)6-10-32/h7-33,55H,1-6H3;3-26H,1-2H3. The van der Waals surface area contributed by atoms with Crippen LogP contribution in [0.2, 0.25) is 0 Å². The normalized spacial score (nSPS) is 11.2. The quantitative estimate of drug-likeness (QED) is 0.0266. The average molecular weight is 1390 g/mol. The van der Waals surface area contributed by atoms with Crippen LogP contribution in [0, 0.1) is 20.8 Å². The van der Waals surface area contributed by atoms with Crippen molar-refractivity contribution in [1.82, 2.24) is 0 Å². The Morgan fingerprint density at radius 1 is 0.308 bits per heavy atom. The summed E-state index contributed by atoms with van der Waals surface area (Å²) in [5.74, 6) is 4.63. The number of benzene rings is 13. The Bertz CT molecular complexity index is 4990. The van der Waals surface area contributed by atoms with Crippen molar-refractivity contribution in [3.8, 4) is 62.5 Å². The first-order valence-corrected chi connectivity index (χ1v) is 34.7. The van der Waals surface area contributed by atoms with Gasteiger partial charge in [0.05, 0.1) is 19.2 Å². The lowest BCUT2D eigenvalue weighted by molar-refractivity contribution is -0.432. The third kappa shape index (κ3) is 17.3. The minimum Gasteiger partial charge on any atom is -0.497 e.